The van der Waals surface area contributed by atoms with Crippen LogP contribution in [0, 0.1) is 0 Å². The van der Waals surface area contributed by atoms with Gasteiger partial charge in [-0.1, -0.05) is 18.2 Å². The van der Waals surface area contributed by atoms with Crippen LogP contribution in [0.3, 0.4) is 0 Å². The standard InChI is InChI=1S/C22H26N6O3/c1-2-27-15-17(14-23-27)22(30)24-18-10-11-26(16-18)20-8-9-21(29)28(25-20)12-13-31-19-6-4-3-5-7-19/h3-9,14-15,18H,2,10-13,16H2,1H3,(H,24,30). The Balaban J connectivity index is 1.33. The first-order chi connectivity index (χ1) is 15.1. The van der Waals surface area contributed by atoms with Gasteiger partial charge < -0.3 is 15.0 Å². The van der Waals surface area contributed by atoms with Crippen molar-refractivity contribution in [2.45, 2.75) is 32.5 Å². The number of rotatable bonds is 8. The Bertz CT molecular complexity index is 1080. The van der Waals surface area contributed by atoms with Gasteiger partial charge in [0.2, 0.25) is 0 Å². The predicted octanol–water partition coefficient (Wildman–Crippen LogP) is 1.55. The largest absolute Gasteiger partial charge is 0.492 e. The topological polar surface area (TPSA) is 94.3 Å². The predicted molar refractivity (Wildman–Crippen MR) is 116 cm³/mol. The Morgan fingerprint density at radius 2 is 2.06 bits per heavy atom. The van der Waals surface area contributed by atoms with E-state index < -0.39 is 0 Å². The molecule has 0 bridgehead atoms. The molecule has 1 aromatic carbocycles. The molecule has 1 aliphatic heterocycles. The molecule has 4 rings (SSSR count). The third-order valence-electron chi connectivity index (χ3n) is 5.23. The van der Waals surface area contributed by atoms with Crippen LogP contribution in [0.15, 0.2) is 59.7 Å². The summed E-state index contributed by atoms with van der Waals surface area (Å²) in [5, 5.41) is 11.7. The number of nitrogens with one attached hydrogen (secondary N) is 1. The van der Waals surface area contributed by atoms with Crippen LogP contribution in [0.4, 0.5) is 5.82 Å². The summed E-state index contributed by atoms with van der Waals surface area (Å²) in [6.45, 7) is 4.80. The van der Waals surface area contributed by atoms with E-state index in [4.69, 9.17) is 4.74 Å². The van der Waals surface area contributed by atoms with Crippen molar-refractivity contribution in [2.75, 3.05) is 24.6 Å². The number of hydrogen-bond acceptors (Lipinski definition) is 6. The van der Waals surface area contributed by atoms with Crippen LogP contribution in [-0.4, -0.2) is 51.2 Å². The lowest BCUT2D eigenvalue weighted by molar-refractivity contribution is 0.0940. The van der Waals surface area contributed by atoms with Crippen molar-refractivity contribution in [1.82, 2.24) is 24.9 Å². The minimum Gasteiger partial charge on any atom is -0.492 e. The van der Waals surface area contributed by atoms with Crippen LogP contribution in [-0.2, 0) is 13.1 Å². The highest BCUT2D eigenvalue weighted by atomic mass is 16.5. The second-order valence-electron chi connectivity index (χ2n) is 7.40. The fourth-order valence-corrected chi connectivity index (χ4v) is 3.54. The molecule has 1 fully saturated rings. The van der Waals surface area contributed by atoms with Crippen molar-refractivity contribution in [2.24, 2.45) is 0 Å². The number of para-hydroxylation sites is 1. The molecule has 9 nitrogen and oxygen atoms in total. The van der Waals surface area contributed by atoms with Gasteiger partial charge in [0, 0.05) is 37.9 Å². The second kappa shape index (κ2) is 9.46. The maximum absolute atomic E-state index is 12.4. The highest BCUT2D eigenvalue weighted by molar-refractivity contribution is 5.93. The first kappa shape index (κ1) is 20.6. The van der Waals surface area contributed by atoms with E-state index >= 15 is 0 Å². The number of hydrogen-bond donors (Lipinski definition) is 1. The van der Waals surface area contributed by atoms with Crippen molar-refractivity contribution < 1.29 is 9.53 Å². The molecular formula is C22H26N6O3. The second-order valence-corrected chi connectivity index (χ2v) is 7.40. The van der Waals surface area contributed by atoms with E-state index in [1.54, 1.807) is 23.1 Å². The third kappa shape index (κ3) is 5.11. The van der Waals surface area contributed by atoms with Gasteiger partial charge >= 0.3 is 0 Å². The zero-order valence-electron chi connectivity index (χ0n) is 17.5. The lowest BCUT2D eigenvalue weighted by Crippen LogP contribution is -2.37. The molecule has 2 aromatic heterocycles. The lowest BCUT2D eigenvalue weighted by atomic mass is 10.2. The molecule has 162 valence electrons. The summed E-state index contributed by atoms with van der Waals surface area (Å²) in [6.07, 6.45) is 4.14. The summed E-state index contributed by atoms with van der Waals surface area (Å²) in [7, 11) is 0. The van der Waals surface area contributed by atoms with Gasteiger partial charge in [-0.25, -0.2) is 4.68 Å². The van der Waals surface area contributed by atoms with Gasteiger partial charge in [0.25, 0.3) is 11.5 Å². The molecule has 0 spiro atoms. The summed E-state index contributed by atoms with van der Waals surface area (Å²) < 4.78 is 8.82. The molecule has 31 heavy (non-hydrogen) atoms. The number of amides is 1. The Hall–Kier alpha value is -3.62. The summed E-state index contributed by atoms with van der Waals surface area (Å²) in [5.41, 5.74) is 0.391. The molecule has 1 N–H and O–H groups in total. The van der Waals surface area contributed by atoms with E-state index in [9.17, 15) is 9.59 Å². The maximum atomic E-state index is 12.4. The number of ether oxygens (including phenoxy) is 1. The van der Waals surface area contributed by atoms with Crippen LogP contribution < -0.4 is 20.5 Å². The Morgan fingerprint density at radius 1 is 1.23 bits per heavy atom. The van der Waals surface area contributed by atoms with E-state index in [0.717, 1.165) is 31.1 Å². The highest BCUT2D eigenvalue weighted by Gasteiger charge is 2.26. The van der Waals surface area contributed by atoms with Gasteiger partial charge in [0.15, 0.2) is 0 Å². The maximum Gasteiger partial charge on any atom is 0.266 e. The van der Waals surface area contributed by atoms with Crippen molar-refractivity contribution in [1.29, 1.82) is 0 Å². The van der Waals surface area contributed by atoms with Crippen molar-refractivity contribution in [3.8, 4) is 5.75 Å². The highest BCUT2D eigenvalue weighted by Crippen LogP contribution is 2.17. The molecule has 9 heteroatoms. The summed E-state index contributed by atoms with van der Waals surface area (Å²) >= 11 is 0. The number of anilines is 1. The van der Waals surface area contributed by atoms with Gasteiger partial charge in [-0.3, -0.25) is 14.3 Å². The first-order valence-corrected chi connectivity index (χ1v) is 10.5. The zero-order chi connectivity index (χ0) is 21.6. The SMILES string of the molecule is CCn1cc(C(=O)NC2CCN(c3ccc(=O)n(CCOc4ccccc4)n3)C2)cn1. The van der Waals surface area contributed by atoms with Crippen molar-refractivity contribution in [3.63, 3.8) is 0 Å². The first-order valence-electron chi connectivity index (χ1n) is 10.5. The number of nitrogens with zero attached hydrogens (tertiary/aromatic N) is 5. The van der Waals surface area contributed by atoms with Crippen molar-refractivity contribution in [3.05, 3.63) is 70.8 Å². The molecule has 3 aromatic rings. The van der Waals surface area contributed by atoms with E-state index in [1.165, 1.54) is 10.7 Å². The normalized spacial score (nSPS) is 15.8. The molecule has 0 saturated carbocycles. The van der Waals surface area contributed by atoms with Gasteiger partial charge in [0.1, 0.15) is 18.2 Å². The smallest absolute Gasteiger partial charge is 0.266 e. The van der Waals surface area contributed by atoms with E-state index in [2.05, 4.69) is 20.4 Å². The Kier molecular flexibility index (Phi) is 6.30. The van der Waals surface area contributed by atoms with E-state index in [1.807, 2.05) is 37.3 Å². The summed E-state index contributed by atoms with van der Waals surface area (Å²) in [5.74, 6) is 1.35. The number of carbonyl (C=O) groups excluding carboxylic acids is 1. The number of aryl methyl sites for hydroxylation is 1. The van der Waals surface area contributed by atoms with Crippen LogP contribution >= 0.6 is 0 Å². The number of aromatic nitrogens is 4. The lowest BCUT2D eigenvalue weighted by Gasteiger charge is -2.18. The summed E-state index contributed by atoms with van der Waals surface area (Å²) in [6, 6.07) is 12.7. The van der Waals surface area contributed by atoms with Gasteiger partial charge in [-0.2, -0.15) is 10.2 Å². The minimum atomic E-state index is -0.169. The summed E-state index contributed by atoms with van der Waals surface area (Å²) in [4.78, 5) is 26.7. The van der Waals surface area contributed by atoms with E-state index in [0.29, 0.717) is 25.3 Å². The van der Waals surface area contributed by atoms with Gasteiger partial charge in [-0.15, -0.1) is 0 Å². The molecule has 1 atom stereocenters. The molecule has 1 unspecified atom stereocenters. The Labute approximate surface area is 180 Å². The average Bonchev–Trinajstić information content (AvgIpc) is 3.45. The molecule has 1 aliphatic rings. The van der Waals surface area contributed by atoms with Crippen LogP contribution in [0.2, 0.25) is 0 Å². The quantitative estimate of drug-likeness (QED) is 0.592. The molecule has 0 radical (unpaired) electrons. The van der Waals surface area contributed by atoms with Crippen LogP contribution in [0.25, 0.3) is 0 Å². The molecule has 3 heterocycles. The molecule has 0 aliphatic carbocycles. The number of benzene rings is 1. The Morgan fingerprint density at radius 3 is 2.84 bits per heavy atom. The average molecular weight is 422 g/mol. The number of carbonyl (C=O) groups is 1. The molecule has 1 amide bonds. The monoisotopic (exact) mass is 422 g/mol. The van der Waals surface area contributed by atoms with Crippen molar-refractivity contribution >= 4 is 11.7 Å². The van der Waals surface area contributed by atoms with E-state index in [-0.39, 0.29) is 17.5 Å². The van der Waals surface area contributed by atoms with Crippen LogP contribution in [0.1, 0.15) is 23.7 Å². The van der Waals surface area contributed by atoms with Crippen LogP contribution in [0.5, 0.6) is 5.75 Å². The van der Waals surface area contributed by atoms with Gasteiger partial charge in [0.05, 0.1) is 18.3 Å². The molecule has 1 saturated heterocycles. The molecular weight excluding hydrogens is 396 g/mol. The van der Waals surface area contributed by atoms with Gasteiger partial charge in [-0.05, 0) is 31.5 Å². The third-order valence-corrected chi connectivity index (χ3v) is 5.23. The fourth-order valence-electron chi connectivity index (χ4n) is 3.54. The minimum absolute atomic E-state index is 0.0149. The fraction of sp³-hybridized carbons (Fsp3) is 0.364. The zero-order valence-corrected chi connectivity index (χ0v) is 17.5.